The summed E-state index contributed by atoms with van der Waals surface area (Å²) >= 11 is 1.87. The van der Waals surface area contributed by atoms with Gasteiger partial charge >= 0.3 is 0 Å². The molecule has 3 heteroatoms. The lowest BCUT2D eigenvalue weighted by molar-refractivity contribution is 0.722. The Hall–Kier alpha value is -6.03. The van der Waals surface area contributed by atoms with Crippen LogP contribution in [-0.2, 0) is 11.8 Å². The maximum atomic E-state index is 5.25. The highest BCUT2D eigenvalue weighted by Gasteiger charge is 2.50. The molecule has 1 aliphatic heterocycles. The summed E-state index contributed by atoms with van der Waals surface area (Å²) in [5.74, 6) is 0.729. The van der Waals surface area contributed by atoms with Gasteiger partial charge in [-0.25, -0.2) is 9.97 Å². The first-order valence-corrected chi connectivity index (χ1v) is 18.4. The second kappa shape index (κ2) is 11.0. The average Bonchev–Trinajstić information content (AvgIpc) is 3.49. The summed E-state index contributed by atoms with van der Waals surface area (Å²) < 4.78 is 0. The molecule has 7 aromatic carbocycles. The van der Waals surface area contributed by atoms with Crippen LogP contribution < -0.4 is 0 Å². The molecule has 8 aromatic rings. The van der Waals surface area contributed by atoms with Crippen molar-refractivity contribution in [3.05, 3.63) is 197 Å². The molecule has 0 amide bonds. The summed E-state index contributed by atoms with van der Waals surface area (Å²) in [6.07, 6.45) is 5.49. The van der Waals surface area contributed by atoms with Crippen molar-refractivity contribution < 1.29 is 0 Å². The van der Waals surface area contributed by atoms with Crippen LogP contribution in [0.3, 0.4) is 0 Å². The maximum absolute atomic E-state index is 5.25. The Morgan fingerprint density at radius 1 is 0.490 bits per heavy atom. The highest BCUT2D eigenvalue weighted by atomic mass is 32.2. The van der Waals surface area contributed by atoms with Crippen molar-refractivity contribution in [1.82, 2.24) is 9.97 Å². The first kappa shape index (κ1) is 28.8. The van der Waals surface area contributed by atoms with E-state index in [0.717, 1.165) is 40.3 Å². The molecule has 51 heavy (non-hydrogen) atoms. The van der Waals surface area contributed by atoms with E-state index < -0.39 is 5.41 Å². The molecule has 0 unspecified atom stereocenters. The van der Waals surface area contributed by atoms with E-state index in [1.807, 2.05) is 17.8 Å². The SMILES string of the molecule is C1=Cc2cc(-c3cc(-c4ccc5c(c4)Sc4ccccc4C54c5ccccc5-c5ccccc54)nc(-c4ccccc4)n3)cc3cccc(c23)C1. The highest BCUT2D eigenvalue weighted by molar-refractivity contribution is 7.99. The predicted molar refractivity (Wildman–Crippen MR) is 210 cm³/mol. The van der Waals surface area contributed by atoms with Gasteiger partial charge in [0, 0.05) is 26.5 Å². The van der Waals surface area contributed by atoms with Gasteiger partial charge in [0.25, 0.3) is 0 Å². The molecule has 1 spiro atoms. The van der Waals surface area contributed by atoms with Gasteiger partial charge in [0.1, 0.15) is 0 Å². The van der Waals surface area contributed by atoms with Gasteiger partial charge in [0.05, 0.1) is 16.8 Å². The smallest absolute Gasteiger partial charge is 0.160 e. The van der Waals surface area contributed by atoms with E-state index in [1.54, 1.807) is 0 Å². The van der Waals surface area contributed by atoms with Crippen molar-refractivity contribution in [2.24, 2.45) is 0 Å². The summed E-state index contributed by atoms with van der Waals surface area (Å²) in [5, 5.41) is 2.59. The quantitative estimate of drug-likeness (QED) is 0.188. The molecule has 2 heterocycles. The molecule has 238 valence electrons. The molecule has 11 rings (SSSR count). The van der Waals surface area contributed by atoms with Crippen molar-refractivity contribution in [2.45, 2.75) is 21.6 Å². The zero-order chi connectivity index (χ0) is 33.5. The third kappa shape index (κ3) is 4.19. The molecule has 0 N–H and O–H groups in total. The summed E-state index contributed by atoms with van der Waals surface area (Å²) in [7, 11) is 0. The minimum absolute atomic E-state index is 0.395. The van der Waals surface area contributed by atoms with Crippen molar-refractivity contribution in [3.8, 4) is 45.0 Å². The first-order valence-electron chi connectivity index (χ1n) is 17.5. The Bertz CT molecular complexity index is 2720. The van der Waals surface area contributed by atoms with Crippen molar-refractivity contribution in [1.29, 1.82) is 0 Å². The zero-order valence-electron chi connectivity index (χ0n) is 27.7. The molecule has 0 radical (unpaired) electrons. The van der Waals surface area contributed by atoms with E-state index in [4.69, 9.17) is 9.97 Å². The van der Waals surface area contributed by atoms with Gasteiger partial charge in [0.2, 0.25) is 0 Å². The van der Waals surface area contributed by atoms with Crippen LogP contribution in [-0.4, -0.2) is 9.97 Å². The normalized spacial score (nSPS) is 14.2. The third-order valence-electron chi connectivity index (χ3n) is 10.9. The fourth-order valence-corrected chi connectivity index (χ4v) is 10.0. The minimum atomic E-state index is -0.395. The van der Waals surface area contributed by atoms with Crippen LogP contribution in [0.1, 0.15) is 33.4 Å². The van der Waals surface area contributed by atoms with Crippen LogP contribution in [0.4, 0.5) is 0 Å². The van der Waals surface area contributed by atoms with E-state index in [1.165, 1.54) is 65.1 Å². The molecule has 2 nitrogen and oxygen atoms in total. The van der Waals surface area contributed by atoms with E-state index in [0.29, 0.717) is 0 Å². The van der Waals surface area contributed by atoms with Crippen LogP contribution in [0.25, 0.3) is 61.9 Å². The average molecular weight is 667 g/mol. The van der Waals surface area contributed by atoms with E-state index in [-0.39, 0.29) is 0 Å². The number of hydrogen-bond acceptors (Lipinski definition) is 3. The fraction of sp³-hybridized carbons (Fsp3) is 0.0417. The topological polar surface area (TPSA) is 25.8 Å². The summed E-state index contributed by atoms with van der Waals surface area (Å²) in [6.45, 7) is 0. The second-order valence-corrected chi connectivity index (χ2v) is 14.7. The Labute approximate surface area is 301 Å². The molecule has 1 aromatic heterocycles. The summed E-state index contributed by atoms with van der Waals surface area (Å²) in [5.41, 5.74) is 15.3. The molecule has 0 fully saturated rings. The predicted octanol–water partition coefficient (Wildman–Crippen LogP) is 12.0. The number of allylic oxidation sites excluding steroid dienone is 1. The van der Waals surface area contributed by atoms with E-state index in [2.05, 4.69) is 164 Å². The van der Waals surface area contributed by atoms with E-state index >= 15 is 0 Å². The molecule has 0 saturated carbocycles. The van der Waals surface area contributed by atoms with Crippen LogP contribution in [0.2, 0.25) is 0 Å². The van der Waals surface area contributed by atoms with Crippen molar-refractivity contribution in [3.63, 3.8) is 0 Å². The van der Waals surface area contributed by atoms with Gasteiger partial charge < -0.3 is 0 Å². The van der Waals surface area contributed by atoms with Gasteiger partial charge in [-0.3, -0.25) is 0 Å². The van der Waals surface area contributed by atoms with Crippen LogP contribution in [0.5, 0.6) is 0 Å². The minimum Gasteiger partial charge on any atom is -0.228 e. The summed E-state index contributed by atoms with van der Waals surface area (Å²) in [4.78, 5) is 13.0. The standard InChI is InChI=1S/C48H30N2S/c1-2-12-31(13-3-1)47-49-42(29-43(50-47)35-26-33-16-10-14-30-15-11-17-34(27-35)46(30)33)32-24-25-41-45(28-32)51-44-23-9-8-22-40(44)48(41)38-20-6-4-18-36(38)37-19-5-7-21-39(37)48/h1-14,16-29H,15H2. The molecule has 3 aliphatic rings. The zero-order valence-corrected chi connectivity index (χ0v) is 28.5. The van der Waals surface area contributed by atoms with Crippen LogP contribution >= 0.6 is 11.8 Å². The Balaban J connectivity index is 1.13. The van der Waals surface area contributed by atoms with Crippen LogP contribution in [0.15, 0.2) is 174 Å². The maximum Gasteiger partial charge on any atom is 0.160 e. The first-order chi connectivity index (χ1) is 25.3. The van der Waals surface area contributed by atoms with Gasteiger partial charge in [-0.2, -0.15) is 0 Å². The van der Waals surface area contributed by atoms with E-state index in [9.17, 15) is 0 Å². The highest BCUT2D eigenvalue weighted by Crippen LogP contribution is 2.62. The molecular formula is C48H30N2S. The number of fused-ring (bicyclic) bond motifs is 9. The number of benzene rings is 7. The monoisotopic (exact) mass is 666 g/mol. The van der Waals surface area contributed by atoms with Gasteiger partial charge in [-0.1, -0.05) is 151 Å². The third-order valence-corrected chi connectivity index (χ3v) is 12.1. The van der Waals surface area contributed by atoms with Crippen molar-refractivity contribution >= 4 is 28.6 Å². The lowest BCUT2D eigenvalue weighted by atomic mass is 9.67. The fourth-order valence-electron chi connectivity index (χ4n) is 8.78. The second-order valence-electron chi connectivity index (χ2n) is 13.7. The number of rotatable bonds is 3. The Morgan fingerprint density at radius 2 is 1.18 bits per heavy atom. The van der Waals surface area contributed by atoms with Gasteiger partial charge in [-0.15, -0.1) is 0 Å². The molecular weight excluding hydrogens is 637 g/mol. The lowest BCUT2D eigenvalue weighted by Crippen LogP contribution is -2.31. The molecule has 0 bridgehead atoms. The number of nitrogens with zero attached hydrogens (tertiary/aromatic N) is 2. The Kier molecular flexibility index (Phi) is 6.20. The number of hydrogen-bond donors (Lipinski definition) is 0. The molecule has 0 atom stereocenters. The Morgan fingerprint density at radius 3 is 1.98 bits per heavy atom. The summed E-state index contributed by atoms with van der Waals surface area (Å²) in [6, 6.07) is 57.7. The lowest BCUT2D eigenvalue weighted by Gasteiger charge is -2.39. The molecule has 2 aliphatic carbocycles. The van der Waals surface area contributed by atoms with Gasteiger partial charge in [-0.05, 0) is 92.0 Å². The van der Waals surface area contributed by atoms with Crippen LogP contribution in [0, 0.1) is 0 Å². The van der Waals surface area contributed by atoms with Gasteiger partial charge in [0.15, 0.2) is 5.82 Å². The number of aromatic nitrogens is 2. The van der Waals surface area contributed by atoms with Crippen molar-refractivity contribution in [2.75, 3.05) is 0 Å². The molecule has 0 saturated heterocycles. The largest absolute Gasteiger partial charge is 0.228 e.